The second-order valence-corrected chi connectivity index (χ2v) is 8.11. The van der Waals surface area contributed by atoms with E-state index in [-0.39, 0.29) is 5.75 Å². The van der Waals surface area contributed by atoms with E-state index in [0.717, 1.165) is 5.96 Å². The summed E-state index contributed by atoms with van der Waals surface area (Å²) in [7, 11) is -1.59. The molecule has 1 aromatic heterocycles. The Labute approximate surface area is 136 Å². The molecule has 0 aromatic carbocycles. The molecular formula is C14H23N5O3S. The molecule has 23 heavy (non-hydrogen) atoms. The Balaban J connectivity index is 1.55. The van der Waals surface area contributed by atoms with Crippen LogP contribution in [0, 0.1) is 5.92 Å². The van der Waals surface area contributed by atoms with E-state index in [1.54, 1.807) is 13.1 Å². The second kappa shape index (κ2) is 6.48. The van der Waals surface area contributed by atoms with Gasteiger partial charge in [0, 0.05) is 45.3 Å². The lowest BCUT2D eigenvalue weighted by Crippen LogP contribution is -2.54. The standard InChI is InChI=1S/C14H23N5O3S/c1-11-9-13(11)16-14(15-2)18-4-6-19(7-5-18)23(20,21)10-12-3-8-22-17-12/h3,8,11,13H,4-7,9-10H2,1-2H3,(H,15,16). The van der Waals surface area contributed by atoms with E-state index in [0.29, 0.717) is 43.8 Å². The molecule has 3 rings (SSSR count). The summed E-state index contributed by atoms with van der Waals surface area (Å²) >= 11 is 0. The molecule has 0 bridgehead atoms. The predicted molar refractivity (Wildman–Crippen MR) is 86.3 cm³/mol. The molecule has 8 nitrogen and oxygen atoms in total. The lowest BCUT2D eigenvalue weighted by atomic mass is 10.4. The molecule has 2 atom stereocenters. The smallest absolute Gasteiger partial charge is 0.220 e. The van der Waals surface area contributed by atoms with Gasteiger partial charge in [0.1, 0.15) is 12.0 Å². The van der Waals surface area contributed by atoms with Crippen molar-refractivity contribution < 1.29 is 12.9 Å². The normalized spacial score (nSPS) is 26.3. The number of sulfonamides is 1. The number of nitrogens with one attached hydrogen (secondary N) is 1. The van der Waals surface area contributed by atoms with Crippen LogP contribution < -0.4 is 5.32 Å². The van der Waals surface area contributed by atoms with E-state index < -0.39 is 10.0 Å². The molecule has 2 heterocycles. The van der Waals surface area contributed by atoms with Crippen LogP contribution in [0.2, 0.25) is 0 Å². The summed E-state index contributed by atoms with van der Waals surface area (Å²) in [6.07, 6.45) is 2.56. The minimum Gasteiger partial charge on any atom is -0.364 e. The topological polar surface area (TPSA) is 91.0 Å². The van der Waals surface area contributed by atoms with Crippen molar-refractivity contribution >= 4 is 16.0 Å². The van der Waals surface area contributed by atoms with Crippen LogP contribution in [0.1, 0.15) is 19.0 Å². The Morgan fingerprint density at radius 1 is 1.43 bits per heavy atom. The van der Waals surface area contributed by atoms with Crippen LogP contribution in [0.5, 0.6) is 0 Å². The van der Waals surface area contributed by atoms with Crippen molar-refractivity contribution in [3.05, 3.63) is 18.0 Å². The Kier molecular flexibility index (Phi) is 4.58. The molecule has 2 unspecified atom stereocenters. The summed E-state index contributed by atoms with van der Waals surface area (Å²) in [4.78, 5) is 6.43. The average Bonchev–Trinajstić information content (AvgIpc) is 2.99. The highest BCUT2D eigenvalue weighted by atomic mass is 32.2. The van der Waals surface area contributed by atoms with Gasteiger partial charge in [0.25, 0.3) is 0 Å². The van der Waals surface area contributed by atoms with E-state index in [2.05, 4.69) is 27.3 Å². The first-order valence-electron chi connectivity index (χ1n) is 7.85. The van der Waals surface area contributed by atoms with Gasteiger partial charge in [-0.15, -0.1) is 0 Å². The molecule has 1 saturated heterocycles. The SMILES string of the molecule is CN=C(NC1CC1C)N1CCN(S(=O)(=O)Cc2ccon2)CC1. The summed E-state index contributed by atoms with van der Waals surface area (Å²) in [5.74, 6) is 1.44. The Hall–Kier alpha value is -1.61. The van der Waals surface area contributed by atoms with Crippen molar-refractivity contribution in [2.45, 2.75) is 25.1 Å². The van der Waals surface area contributed by atoms with Crippen LogP contribution in [-0.4, -0.2) is 68.0 Å². The third kappa shape index (κ3) is 3.84. The van der Waals surface area contributed by atoms with Crippen LogP contribution in [0.3, 0.4) is 0 Å². The molecule has 0 amide bonds. The highest BCUT2D eigenvalue weighted by Gasteiger charge is 2.35. The molecule has 1 aromatic rings. The Morgan fingerprint density at radius 2 is 2.13 bits per heavy atom. The van der Waals surface area contributed by atoms with Gasteiger partial charge in [-0.05, 0) is 12.3 Å². The minimum atomic E-state index is -3.36. The summed E-state index contributed by atoms with van der Waals surface area (Å²) in [6, 6.07) is 2.08. The fraction of sp³-hybridized carbons (Fsp3) is 0.714. The van der Waals surface area contributed by atoms with Crippen LogP contribution in [0.25, 0.3) is 0 Å². The number of piperazine rings is 1. The number of hydrogen-bond donors (Lipinski definition) is 1. The van der Waals surface area contributed by atoms with E-state index in [1.807, 2.05) is 0 Å². The molecule has 0 radical (unpaired) electrons. The second-order valence-electron chi connectivity index (χ2n) is 6.14. The zero-order chi connectivity index (χ0) is 16.4. The van der Waals surface area contributed by atoms with Gasteiger partial charge in [-0.1, -0.05) is 12.1 Å². The third-order valence-electron chi connectivity index (χ3n) is 4.39. The molecule has 1 saturated carbocycles. The summed E-state index contributed by atoms with van der Waals surface area (Å²) in [5, 5.41) is 7.11. The van der Waals surface area contributed by atoms with Gasteiger partial charge in [-0.2, -0.15) is 4.31 Å². The number of aliphatic imine (C=N–C) groups is 1. The van der Waals surface area contributed by atoms with Gasteiger partial charge in [-0.3, -0.25) is 4.99 Å². The summed E-state index contributed by atoms with van der Waals surface area (Å²) in [5.41, 5.74) is 0.438. The molecular weight excluding hydrogens is 318 g/mol. The maximum absolute atomic E-state index is 12.4. The number of guanidine groups is 1. The quantitative estimate of drug-likeness (QED) is 0.617. The molecule has 2 fully saturated rings. The van der Waals surface area contributed by atoms with E-state index >= 15 is 0 Å². The maximum atomic E-state index is 12.4. The van der Waals surface area contributed by atoms with Crippen LogP contribution in [-0.2, 0) is 15.8 Å². The molecule has 0 spiro atoms. The van der Waals surface area contributed by atoms with Crippen molar-refractivity contribution in [3.8, 4) is 0 Å². The molecule has 1 N–H and O–H groups in total. The molecule has 2 aliphatic rings. The average molecular weight is 341 g/mol. The fourth-order valence-corrected chi connectivity index (χ4v) is 4.18. The number of aromatic nitrogens is 1. The number of hydrogen-bond acceptors (Lipinski definition) is 5. The van der Waals surface area contributed by atoms with Crippen molar-refractivity contribution in [1.29, 1.82) is 0 Å². The van der Waals surface area contributed by atoms with Crippen molar-refractivity contribution in [2.75, 3.05) is 33.2 Å². The Morgan fingerprint density at radius 3 is 2.65 bits per heavy atom. The summed E-state index contributed by atoms with van der Waals surface area (Å²) < 4.78 is 31.0. The van der Waals surface area contributed by atoms with Crippen LogP contribution >= 0.6 is 0 Å². The van der Waals surface area contributed by atoms with E-state index in [9.17, 15) is 8.42 Å². The lowest BCUT2D eigenvalue weighted by Gasteiger charge is -2.35. The van der Waals surface area contributed by atoms with Crippen LogP contribution in [0.4, 0.5) is 0 Å². The largest absolute Gasteiger partial charge is 0.364 e. The molecule has 1 aliphatic heterocycles. The number of nitrogens with zero attached hydrogens (tertiary/aromatic N) is 4. The predicted octanol–water partition coefficient (Wildman–Crippen LogP) is 0.106. The minimum absolute atomic E-state index is 0.115. The van der Waals surface area contributed by atoms with Gasteiger partial charge in [-0.25, -0.2) is 8.42 Å². The molecule has 9 heteroatoms. The fourth-order valence-electron chi connectivity index (χ4n) is 2.75. The molecule has 128 valence electrons. The number of rotatable bonds is 4. The van der Waals surface area contributed by atoms with Crippen molar-refractivity contribution in [3.63, 3.8) is 0 Å². The third-order valence-corrected chi connectivity index (χ3v) is 6.20. The zero-order valence-corrected chi connectivity index (χ0v) is 14.3. The summed E-state index contributed by atoms with van der Waals surface area (Å²) in [6.45, 7) is 4.40. The van der Waals surface area contributed by atoms with Gasteiger partial charge in [0.15, 0.2) is 5.96 Å². The van der Waals surface area contributed by atoms with Gasteiger partial charge in [0.2, 0.25) is 10.0 Å². The first kappa shape index (κ1) is 16.3. The van der Waals surface area contributed by atoms with Crippen molar-refractivity contribution in [2.24, 2.45) is 10.9 Å². The zero-order valence-electron chi connectivity index (χ0n) is 13.5. The van der Waals surface area contributed by atoms with Gasteiger partial charge in [0.05, 0.1) is 5.69 Å². The Bertz CT molecular complexity index is 650. The van der Waals surface area contributed by atoms with Crippen molar-refractivity contribution in [1.82, 2.24) is 19.7 Å². The maximum Gasteiger partial charge on any atom is 0.220 e. The highest BCUT2D eigenvalue weighted by Crippen LogP contribution is 2.29. The van der Waals surface area contributed by atoms with E-state index in [1.165, 1.54) is 17.0 Å². The molecule has 1 aliphatic carbocycles. The highest BCUT2D eigenvalue weighted by molar-refractivity contribution is 7.88. The monoisotopic (exact) mass is 341 g/mol. The van der Waals surface area contributed by atoms with Gasteiger partial charge >= 0.3 is 0 Å². The lowest BCUT2D eigenvalue weighted by molar-refractivity contribution is 0.259. The van der Waals surface area contributed by atoms with E-state index in [4.69, 9.17) is 4.52 Å². The van der Waals surface area contributed by atoms with Gasteiger partial charge < -0.3 is 14.7 Å². The first-order valence-corrected chi connectivity index (χ1v) is 9.46. The van der Waals surface area contributed by atoms with Crippen LogP contribution in [0.15, 0.2) is 21.8 Å². The first-order chi connectivity index (χ1) is 11.0.